The first-order chi connectivity index (χ1) is 12.1. The highest BCUT2D eigenvalue weighted by Crippen LogP contribution is 2.29. The summed E-state index contributed by atoms with van der Waals surface area (Å²) in [6.07, 6.45) is 3.48. The second-order valence-corrected chi connectivity index (χ2v) is 6.47. The van der Waals surface area contributed by atoms with Gasteiger partial charge < -0.3 is 4.98 Å². The molecule has 2 heterocycles. The third-order valence-corrected chi connectivity index (χ3v) is 4.50. The summed E-state index contributed by atoms with van der Waals surface area (Å²) >= 11 is 12.4. The van der Waals surface area contributed by atoms with Crippen LogP contribution in [0.4, 0.5) is 0 Å². The van der Waals surface area contributed by atoms with E-state index in [9.17, 15) is 0 Å². The van der Waals surface area contributed by atoms with Crippen LogP contribution in [0.5, 0.6) is 0 Å². The summed E-state index contributed by atoms with van der Waals surface area (Å²) in [6.45, 7) is 3.73. The number of hydrogen-bond acceptors (Lipinski definition) is 2. The molecule has 2 aromatic carbocycles. The van der Waals surface area contributed by atoms with Crippen LogP contribution < -0.4 is 0 Å². The highest BCUT2D eigenvalue weighted by molar-refractivity contribution is 6.33. The number of H-pyrrole nitrogens is 1. The molecule has 25 heavy (non-hydrogen) atoms. The number of aromatic nitrogens is 3. The number of nitrogens with zero attached hydrogens (tertiary/aromatic N) is 2. The summed E-state index contributed by atoms with van der Waals surface area (Å²) in [5, 5.41) is 1.28. The minimum absolute atomic E-state index is 0.600. The molecular formula is C20H13Cl2N3. The summed E-state index contributed by atoms with van der Waals surface area (Å²) in [6, 6.07) is 15.4. The van der Waals surface area contributed by atoms with Crippen LogP contribution in [0.2, 0.25) is 10.0 Å². The average Bonchev–Trinajstić information content (AvgIpc) is 3.05. The molecule has 0 atom stereocenters. The fourth-order valence-electron chi connectivity index (χ4n) is 2.68. The maximum Gasteiger partial charge on any atom is 0.138 e. The van der Waals surface area contributed by atoms with E-state index in [2.05, 4.69) is 21.5 Å². The van der Waals surface area contributed by atoms with Gasteiger partial charge in [0.15, 0.2) is 0 Å². The molecular weight excluding hydrogens is 353 g/mol. The zero-order valence-corrected chi connectivity index (χ0v) is 14.6. The van der Waals surface area contributed by atoms with E-state index in [4.69, 9.17) is 23.2 Å². The van der Waals surface area contributed by atoms with Gasteiger partial charge in [-0.1, -0.05) is 60.1 Å². The summed E-state index contributed by atoms with van der Waals surface area (Å²) in [4.78, 5) is 12.3. The second kappa shape index (κ2) is 6.36. The van der Waals surface area contributed by atoms with Gasteiger partial charge in [0.1, 0.15) is 5.82 Å². The van der Waals surface area contributed by atoms with E-state index < -0.39 is 0 Å². The van der Waals surface area contributed by atoms with Crippen molar-refractivity contribution < 1.29 is 0 Å². The molecule has 0 aliphatic carbocycles. The number of pyridine rings is 1. The lowest BCUT2D eigenvalue weighted by Gasteiger charge is -2.05. The predicted molar refractivity (Wildman–Crippen MR) is 105 cm³/mol. The van der Waals surface area contributed by atoms with Crippen LogP contribution in [-0.4, -0.2) is 15.0 Å². The van der Waals surface area contributed by atoms with Crippen LogP contribution in [-0.2, 0) is 0 Å². The molecule has 4 aromatic rings. The zero-order valence-electron chi connectivity index (χ0n) is 13.1. The minimum atomic E-state index is 0.600. The molecule has 2 aromatic heterocycles. The first-order valence-electron chi connectivity index (χ1n) is 7.68. The number of rotatable bonds is 3. The molecule has 0 amide bonds. The molecule has 0 saturated carbocycles. The van der Waals surface area contributed by atoms with E-state index in [0.29, 0.717) is 10.0 Å². The SMILES string of the molecule is C=Cc1cnc(-c2ccc(-c3nc4ccc(Cl)cc4[nH]3)cc2)c(Cl)c1. The maximum atomic E-state index is 6.33. The van der Waals surface area contributed by atoms with Gasteiger partial charge in [0.2, 0.25) is 0 Å². The highest BCUT2D eigenvalue weighted by Gasteiger charge is 2.09. The Hall–Kier alpha value is -2.62. The Morgan fingerprint density at radius 2 is 1.72 bits per heavy atom. The lowest BCUT2D eigenvalue weighted by atomic mass is 10.1. The lowest BCUT2D eigenvalue weighted by Crippen LogP contribution is -1.87. The van der Waals surface area contributed by atoms with Crippen molar-refractivity contribution in [3.05, 3.63) is 76.9 Å². The first kappa shape index (κ1) is 15.9. The van der Waals surface area contributed by atoms with E-state index in [1.807, 2.05) is 48.5 Å². The molecule has 0 aliphatic heterocycles. The van der Waals surface area contributed by atoms with Gasteiger partial charge in [-0.2, -0.15) is 0 Å². The lowest BCUT2D eigenvalue weighted by molar-refractivity contribution is 1.31. The Kier molecular flexibility index (Phi) is 4.04. The number of benzene rings is 2. The summed E-state index contributed by atoms with van der Waals surface area (Å²) in [7, 11) is 0. The van der Waals surface area contributed by atoms with E-state index in [1.54, 1.807) is 12.3 Å². The van der Waals surface area contributed by atoms with Crippen LogP contribution in [0.15, 0.2) is 61.3 Å². The van der Waals surface area contributed by atoms with Gasteiger partial charge in [0.25, 0.3) is 0 Å². The Labute approximate surface area is 155 Å². The smallest absolute Gasteiger partial charge is 0.138 e. The number of fused-ring (bicyclic) bond motifs is 1. The van der Waals surface area contributed by atoms with Crippen molar-refractivity contribution in [1.29, 1.82) is 0 Å². The van der Waals surface area contributed by atoms with Gasteiger partial charge >= 0.3 is 0 Å². The minimum Gasteiger partial charge on any atom is -0.338 e. The largest absolute Gasteiger partial charge is 0.338 e. The van der Waals surface area contributed by atoms with Gasteiger partial charge in [-0.05, 0) is 29.8 Å². The number of nitrogens with one attached hydrogen (secondary N) is 1. The topological polar surface area (TPSA) is 41.6 Å². The monoisotopic (exact) mass is 365 g/mol. The van der Waals surface area contributed by atoms with Gasteiger partial charge in [-0.3, -0.25) is 4.98 Å². The molecule has 4 rings (SSSR count). The van der Waals surface area contributed by atoms with Crippen molar-refractivity contribution >= 4 is 40.3 Å². The molecule has 3 nitrogen and oxygen atoms in total. The number of hydrogen-bond donors (Lipinski definition) is 1. The van der Waals surface area contributed by atoms with Crippen molar-refractivity contribution in [1.82, 2.24) is 15.0 Å². The molecule has 0 saturated heterocycles. The van der Waals surface area contributed by atoms with Crippen LogP contribution in [0.25, 0.3) is 39.8 Å². The van der Waals surface area contributed by atoms with Gasteiger partial charge in [0, 0.05) is 22.3 Å². The van der Waals surface area contributed by atoms with Crippen LogP contribution >= 0.6 is 23.2 Å². The van der Waals surface area contributed by atoms with Crippen molar-refractivity contribution in [2.45, 2.75) is 0 Å². The fraction of sp³-hybridized carbons (Fsp3) is 0. The van der Waals surface area contributed by atoms with Gasteiger partial charge in [-0.15, -0.1) is 0 Å². The summed E-state index contributed by atoms with van der Waals surface area (Å²) in [5.74, 6) is 0.796. The molecule has 5 heteroatoms. The third-order valence-electron chi connectivity index (χ3n) is 3.97. The van der Waals surface area contributed by atoms with E-state index in [1.165, 1.54) is 0 Å². The Morgan fingerprint density at radius 3 is 2.44 bits per heavy atom. The summed E-state index contributed by atoms with van der Waals surface area (Å²) in [5.41, 5.74) is 5.37. The highest BCUT2D eigenvalue weighted by atomic mass is 35.5. The van der Waals surface area contributed by atoms with Gasteiger partial charge in [0.05, 0.1) is 21.7 Å². The number of imidazole rings is 1. The van der Waals surface area contributed by atoms with E-state index >= 15 is 0 Å². The van der Waals surface area contributed by atoms with Crippen LogP contribution in [0.3, 0.4) is 0 Å². The standard InChI is InChI=1S/C20H13Cl2N3/c1-2-12-9-16(22)19(23-11-12)13-3-5-14(6-4-13)20-24-17-8-7-15(21)10-18(17)25-20/h2-11H,1H2,(H,24,25). The predicted octanol–water partition coefficient (Wildman–Crippen LogP) is 6.24. The molecule has 0 fully saturated rings. The van der Waals surface area contributed by atoms with Crippen molar-refractivity contribution in [2.24, 2.45) is 0 Å². The Balaban J connectivity index is 1.70. The van der Waals surface area contributed by atoms with Crippen molar-refractivity contribution in [2.75, 3.05) is 0 Å². The van der Waals surface area contributed by atoms with Crippen molar-refractivity contribution in [3.8, 4) is 22.6 Å². The number of halogens is 2. The molecule has 0 aliphatic rings. The molecule has 0 spiro atoms. The second-order valence-electron chi connectivity index (χ2n) is 5.63. The molecule has 0 radical (unpaired) electrons. The Bertz CT molecular complexity index is 1080. The van der Waals surface area contributed by atoms with Crippen molar-refractivity contribution in [3.63, 3.8) is 0 Å². The number of aromatic amines is 1. The first-order valence-corrected chi connectivity index (χ1v) is 8.44. The van der Waals surface area contributed by atoms with E-state index in [0.717, 1.165) is 39.2 Å². The normalized spacial score (nSPS) is 11.0. The molecule has 122 valence electrons. The Morgan fingerprint density at radius 1 is 0.960 bits per heavy atom. The molecule has 1 N–H and O–H groups in total. The quantitative estimate of drug-likeness (QED) is 0.466. The maximum absolute atomic E-state index is 6.33. The molecule has 0 unspecified atom stereocenters. The molecule has 0 bridgehead atoms. The average molecular weight is 366 g/mol. The van der Waals surface area contributed by atoms with E-state index in [-0.39, 0.29) is 0 Å². The summed E-state index contributed by atoms with van der Waals surface area (Å²) < 4.78 is 0. The third kappa shape index (κ3) is 3.04. The van der Waals surface area contributed by atoms with Crippen LogP contribution in [0.1, 0.15) is 5.56 Å². The van der Waals surface area contributed by atoms with Crippen LogP contribution in [0, 0.1) is 0 Å². The zero-order chi connectivity index (χ0) is 17.4. The fourth-order valence-corrected chi connectivity index (χ4v) is 3.14. The van der Waals surface area contributed by atoms with Gasteiger partial charge in [-0.25, -0.2) is 4.98 Å².